The zero-order valence-corrected chi connectivity index (χ0v) is 14.9. The van der Waals surface area contributed by atoms with E-state index in [1.807, 2.05) is 0 Å². The summed E-state index contributed by atoms with van der Waals surface area (Å²) in [5.41, 5.74) is 1.40. The maximum atomic E-state index is 12.5. The van der Waals surface area contributed by atoms with E-state index in [0.717, 1.165) is 10.6 Å². The lowest BCUT2D eigenvalue weighted by molar-refractivity contribution is -0.121. The summed E-state index contributed by atoms with van der Waals surface area (Å²) >= 11 is 0. The van der Waals surface area contributed by atoms with Gasteiger partial charge in [0.15, 0.2) is 0 Å². The summed E-state index contributed by atoms with van der Waals surface area (Å²) in [6.07, 6.45) is 4.33. The Balaban J connectivity index is 1.48. The first-order chi connectivity index (χ1) is 13.1. The number of urea groups is 1. The molecule has 2 aromatic rings. The van der Waals surface area contributed by atoms with Gasteiger partial charge in [0.25, 0.3) is 5.91 Å². The number of H-pyrrole nitrogens is 1. The summed E-state index contributed by atoms with van der Waals surface area (Å²) in [5.74, 6) is 0.101. The maximum Gasteiger partial charge on any atom is 0.329 e. The van der Waals surface area contributed by atoms with Crippen molar-refractivity contribution in [3.63, 3.8) is 0 Å². The lowest BCUT2D eigenvalue weighted by Crippen LogP contribution is -2.33. The predicted molar refractivity (Wildman–Crippen MR) is 97.3 cm³/mol. The van der Waals surface area contributed by atoms with Crippen molar-refractivity contribution in [3.05, 3.63) is 42.5 Å². The van der Waals surface area contributed by atoms with Crippen LogP contribution in [-0.4, -0.2) is 47.5 Å². The molecule has 1 aliphatic rings. The highest BCUT2D eigenvalue weighted by Gasteiger charge is 2.38. The van der Waals surface area contributed by atoms with Crippen LogP contribution in [0.15, 0.2) is 36.8 Å². The van der Waals surface area contributed by atoms with E-state index in [9.17, 15) is 14.4 Å². The molecule has 9 heteroatoms. The first-order valence-corrected chi connectivity index (χ1v) is 8.61. The van der Waals surface area contributed by atoms with Gasteiger partial charge in [0.1, 0.15) is 11.8 Å². The van der Waals surface area contributed by atoms with Gasteiger partial charge >= 0.3 is 6.03 Å². The summed E-state index contributed by atoms with van der Waals surface area (Å²) in [5, 5.41) is 5.42. The van der Waals surface area contributed by atoms with Gasteiger partial charge < -0.3 is 20.4 Å². The minimum absolute atomic E-state index is 0.149. The van der Waals surface area contributed by atoms with E-state index in [1.54, 1.807) is 43.9 Å². The Kier molecular flexibility index (Phi) is 5.70. The predicted octanol–water partition coefficient (Wildman–Crippen LogP) is 0.982. The summed E-state index contributed by atoms with van der Waals surface area (Å²) in [6.45, 7) is 0.476. The number of nitrogens with zero attached hydrogens (tertiary/aromatic N) is 2. The largest absolute Gasteiger partial charge is 0.497 e. The van der Waals surface area contributed by atoms with Gasteiger partial charge in [-0.25, -0.2) is 14.7 Å². The summed E-state index contributed by atoms with van der Waals surface area (Å²) in [4.78, 5) is 44.6. The molecule has 1 aromatic heterocycles. The molecule has 0 spiro atoms. The van der Waals surface area contributed by atoms with Gasteiger partial charge in [-0.3, -0.25) is 9.59 Å². The van der Waals surface area contributed by atoms with Gasteiger partial charge in [0.2, 0.25) is 5.91 Å². The number of amides is 4. The molecule has 9 nitrogen and oxygen atoms in total. The minimum Gasteiger partial charge on any atom is -0.497 e. The molecular formula is C18H21N5O4. The lowest BCUT2D eigenvalue weighted by Gasteiger charge is -2.13. The molecule has 1 atom stereocenters. The van der Waals surface area contributed by atoms with E-state index >= 15 is 0 Å². The normalized spacial score (nSPS) is 16.3. The van der Waals surface area contributed by atoms with E-state index < -0.39 is 12.1 Å². The van der Waals surface area contributed by atoms with Crippen LogP contribution in [0.1, 0.15) is 18.5 Å². The standard InChI is InChI=1S/C18H21N5O4/c1-27-14-4-2-13(3-5-14)23-17(25)15(22-18(23)26)6-7-16(24)20-9-8-12-10-19-11-21-12/h2-5,10-11,15H,6-9H2,1H3,(H,19,21)(H,20,24)(H,22,26). The third-order valence-electron chi connectivity index (χ3n) is 4.28. The molecule has 0 radical (unpaired) electrons. The molecule has 142 valence electrons. The second-order valence-electron chi connectivity index (χ2n) is 6.09. The molecule has 1 fully saturated rings. The van der Waals surface area contributed by atoms with Crippen molar-refractivity contribution >= 4 is 23.5 Å². The molecule has 1 aliphatic heterocycles. The zero-order chi connectivity index (χ0) is 19.2. The van der Waals surface area contributed by atoms with Crippen molar-refractivity contribution in [2.45, 2.75) is 25.3 Å². The number of ether oxygens (including phenoxy) is 1. The van der Waals surface area contributed by atoms with Crippen LogP contribution < -0.4 is 20.3 Å². The van der Waals surface area contributed by atoms with E-state index in [4.69, 9.17) is 4.74 Å². The van der Waals surface area contributed by atoms with Crippen LogP contribution in [0, 0.1) is 0 Å². The van der Waals surface area contributed by atoms with Crippen LogP contribution in [0.25, 0.3) is 0 Å². The summed E-state index contributed by atoms with van der Waals surface area (Å²) in [7, 11) is 1.54. The zero-order valence-electron chi connectivity index (χ0n) is 14.9. The topological polar surface area (TPSA) is 116 Å². The van der Waals surface area contributed by atoms with Crippen LogP contribution in [0.3, 0.4) is 0 Å². The second kappa shape index (κ2) is 8.35. The van der Waals surface area contributed by atoms with Gasteiger partial charge in [0.05, 0.1) is 19.1 Å². The summed E-state index contributed by atoms with van der Waals surface area (Å²) < 4.78 is 5.07. The van der Waals surface area contributed by atoms with Gasteiger partial charge in [-0.15, -0.1) is 0 Å². The SMILES string of the molecule is COc1ccc(N2C(=O)NC(CCC(=O)NCCc3cnc[nH]3)C2=O)cc1. The average Bonchev–Trinajstić information content (AvgIpc) is 3.28. The number of nitrogens with one attached hydrogen (secondary N) is 3. The van der Waals surface area contributed by atoms with Crippen molar-refractivity contribution in [1.82, 2.24) is 20.6 Å². The van der Waals surface area contributed by atoms with Gasteiger partial charge in [-0.05, 0) is 30.7 Å². The Morgan fingerprint density at radius 1 is 1.30 bits per heavy atom. The molecule has 1 saturated heterocycles. The summed E-state index contributed by atoms with van der Waals surface area (Å²) in [6, 6.07) is 5.43. The van der Waals surface area contributed by atoms with Crippen LogP contribution in [0.4, 0.5) is 10.5 Å². The first kappa shape index (κ1) is 18.4. The van der Waals surface area contributed by atoms with Crippen molar-refractivity contribution in [3.8, 4) is 5.75 Å². The highest BCUT2D eigenvalue weighted by molar-refractivity contribution is 6.21. The van der Waals surface area contributed by atoms with E-state index in [1.165, 1.54) is 0 Å². The van der Waals surface area contributed by atoms with E-state index in [-0.39, 0.29) is 24.7 Å². The molecule has 27 heavy (non-hydrogen) atoms. The second-order valence-corrected chi connectivity index (χ2v) is 6.09. The van der Waals surface area contributed by atoms with Crippen LogP contribution >= 0.6 is 0 Å². The lowest BCUT2D eigenvalue weighted by atomic mass is 10.1. The fraction of sp³-hybridized carbons (Fsp3) is 0.333. The number of benzene rings is 1. The number of anilines is 1. The van der Waals surface area contributed by atoms with E-state index in [0.29, 0.717) is 24.4 Å². The number of rotatable bonds is 8. The Morgan fingerprint density at radius 3 is 2.74 bits per heavy atom. The van der Waals surface area contributed by atoms with Crippen molar-refractivity contribution < 1.29 is 19.1 Å². The molecule has 3 N–H and O–H groups in total. The molecule has 0 aliphatic carbocycles. The monoisotopic (exact) mass is 371 g/mol. The highest BCUT2D eigenvalue weighted by atomic mass is 16.5. The molecule has 1 aromatic carbocycles. The number of hydrogen-bond donors (Lipinski definition) is 3. The fourth-order valence-corrected chi connectivity index (χ4v) is 2.82. The number of imidazole rings is 1. The minimum atomic E-state index is -0.710. The molecule has 2 heterocycles. The maximum absolute atomic E-state index is 12.5. The average molecular weight is 371 g/mol. The fourth-order valence-electron chi connectivity index (χ4n) is 2.82. The quantitative estimate of drug-likeness (QED) is 0.598. The van der Waals surface area contributed by atoms with Gasteiger partial charge in [0, 0.05) is 31.3 Å². The van der Waals surface area contributed by atoms with Gasteiger partial charge in [-0.2, -0.15) is 0 Å². The third-order valence-corrected chi connectivity index (χ3v) is 4.28. The number of hydrogen-bond acceptors (Lipinski definition) is 5. The Labute approximate surface area is 156 Å². The Morgan fingerprint density at radius 2 is 2.07 bits per heavy atom. The molecule has 4 amide bonds. The number of carbonyl (C=O) groups is 3. The molecule has 0 saturated carbocycles. The van der Waals surface area contributed by atoms with Crippen molar-refractivity contribution in [1.29, 1.82) is 0 Å². The number of carbonyl (C=O) groups excluding carboxylic acids is 3. The number of imide groups is 1. The first-order valence-electron chi connectivity index (χ1n) is 8.61. The number of aromatic nitrogens is 2. The Bertz CT molecular complexity index is 804. The van der Waals surface area contributed by atoms with Crippen LogP contribution in [-0.2, 0) is 16.0 Å². The van der Waals surface area contributed by atoms with E-state index in [2.05, 4.69) is 20.6 Å². The van der Waals surface area contributed by atoms with Gasteiger partial charge in [-0.1, -0.05) is 0 Å². The highest BCUT2D eigenvalue weighted by Crippen LogP contribution is 2.23. The number of aromatic amines is 1. The van der Waals surface area contributed by atoms with Crippen molar-refractivity contribution in [2.24, 2.45) is 0 Å². The van der Waals surface area contributed by atoms with Crippen LogP contribution in [0.2, 0.25) is 0 Å². The third kappa shape index (κ3) is 4.43. The van der Waals surface area contributed by atoms with Crippen LogP contribution in [0.5, 0.6) is 5.75 Å². The molecule has 0 bridgehead atoms. The number of methoxy groups -OCH3 is 1. The molecule has 1 unspecified atom stereocenters. The van der Waals surface area contributed by atoms with Crippen molar-refractivity contribution in [2.75, 3.05) is 18.6 Å². The molecular weight excluding hydrogens is 350 g/mol. The molecule has 3 rings (SSSR count). The smallest absolute Gasteiger partial charge is 0.329 e. The Hall–Kier alpha value is -3.36.